The van der Waals surface area contributed by atoms with Gasteiger partial charge >= 0.3 is 0 Å². The summed E-state index contributed by atoms with van der Waals surface area (Å²) < 4.78 is 13.9. The molecule has 0 heterocycles. The van der Waals surface area contributed by atoms with Gasteiger partial charge in [0.15, 0.2) is 0 Å². The van der Waals surface area contributed by atoms with Crippen LogP contribution in [0.5, 0.6) is 0 Å². The van der Waals surface area contributed by atoms with E-state index in [0.717, 1.165) is 63.5 Å². The van der Waals surface area contributed by atoms with Crippen LogP contribution in [0.4, 0.5) is 10.1 Å². The molecule has 0 fully saturated rings. The fourth-order valence-corrected chi connectivity index (χ4v) is 3.18. The highest BCUT2D eigenvalue weighted by molar-refractivity contribution is 5.47. The number of hydrogen-bond acceptors (Lipinski definition) is 5. The molecule has 1 aromatic carbocycles. The minimum atomic E-state index is -0.166. The van der Waals surface area contributed by atoms with Gasteiger partial charge in [-0.15, -0.1) is 0 Å². The van der Waals surface area contributed by atoms with Crippen molar-refractivity contribution >= 4 is 5.69 Å². The van der Waals surface area contributed by atoms with Gasteiger partial charge < -0.3 is 27.0 Å². The first-order chi connectivity index (χ1) is 13.5. The van der Waals surface area contributed by atoms with Crippen molar-refractivity contribution in [3.63, 3.8) is 0 Å². The van der Waals surface area contributed by atoms with E-state index in [9.17, 15) is 4.39 Å². The van der Waals surface area contributed by atoms with Crippen molar-refractivity contribution < 1.29 is 4.39 Å². The summed E-state index contributed by atoms with van der Waals surface area (Å²) in [6.45, 7) is 12.8. The number of para-hydroxylation sites is 1. The van der Waals surface area contributed by atoms with Gasteiger partial charge in [-0.2, -0.15) is 0 Å². The van der Waals surface area contributed by atoms with Gasteiger partial charge in [-0.25, -0.2) is 4.39 Å². The van der Waals surface area contributed by atoms with Gasteiger partial charge in [-0.1, -0.05) is 25.6 Å². The van der Waals surface area contributed by atoms with Crippen molar-refractivity contribution in [2.75, 3.05) is 44.2 Å². The van der Waals surface area contributed by atoms with E-state index in [1.165, 1.54) is 24.5 Å². The zero-order valence-corrected chi connectivity index (χ0v) is 17.6. The Morgan fingerprint density at radius 2 is 1.82 bits per heavy atom. The van der Waals surface area contributed by atoms with E-state index in [-0.39, 0.29) is 5.82 Å². The van der Waals surface area contributed by atoms with Gasteiger partial charge in [0.1, 0.15) is 5.82 Å². The van der Waals surface area contributed by atoms with Crippen LogP contribution in [0.3, 0.4) is 0 Å². The molecule has 0 saturated carbocycles. The summed E-state index contributed by atoms with van der Waals surface area (Å²) in [5, 5.41) is 6.75. The number of nitrogens with two attached hydrogens (primary N) is 2. The molecular weight excluding hydrogens is 353 g/mol. The van der Waals surface area contributed by atoms with Crippen molar-refractivity contribution in [1.82, 2.24) is 10.6 Å². The number of benzene rings is 1. The van der Waals surface area contributed by atoms with Crippen molar-refractivity contribution in [3.05, 3.63) is 53.6 Å². The molecule has 0 unspecified atom stereocenters. The van der Waals surface area contributed by atoms with Gasteiger partial charge in [0.25, 0.3) is 0 Å². The van der Waals surface area contributed by atoms with Crippen LogP contribution in [-0.2, 0) is 0 Å². The molecule has 1 aromatic rings. The number of anilines is 1. The maximum absolute atomic E-state index is 13.9. The normalized spacial score (nSPS) is 13.6. The summed E-state index contributed by atoms with van der Waals surface area (Å²) in [5.41, 5.74) is 14.7. The van der Waals surface area contributed by atoms with Crippen LogP contribution in [0.15, 0.2) is 47.8 Å². The predicted octanol–water partition coefficient (Wildman–Crippen LogP) is 3.10. The molecule has 1 aliphatic rings. The third-order valence-corrected chi connectivity index (χ3v) is 4.65. The second kappa shape index (κ2) is 14.0. The lowest BCUT2D eigenvalue weighted by Gasteiger charge is -2.24. The second-order valence-electron chi connectivity index (χ2n) is 6.81. The lowest BCUT2D eigenvalue weighted by molar-refractivity contribution is 0.603. The number of halogens is 1. The monoisotopic (exact) mass is 391 g/mol. The lowest BCUT2D eigenvalue weighted by atomic mass is 9.95. The van der Waals surface area contributed by atoms with E-state index in [0.29, 0.717) is 5.69 Å². The average Bonchev–Trinajstić information content (AvgIpc) is 2.69. The number of allylic oxidation sites excluding steroid dienone is 2. The Labute approximate surface area is 170 Å². The van der Waals surface area contributed by atoms with Crippen LogP contribution in [-0.4, -0.2) is 39.3 Å². The molecule has 6 N–H and O–H groups in total. The van der Waals surface area contributed by atoms with E-state index >= 15 is 0 Å². The summed E-state index contributed by atoms with van der Waals surface area (Å²) in [6, 6.07) is 6.92. The SMILES string of the molecule is C=C(NCCNCCN(CC)c1ccccc1F)C1=C(N)CCCC1.CCN. The molecule has 0 radical (unpaired) electrons. The smallest absolute Gasteiger partial charge is 0.146 e. The van der Waals surface area contributed by atoms with Crippen LogP contribution >= 0.6 is 0 Å². The molecule has 0 aromatic heterocycles. The first-order valence-corrected chi connectivity index (χ1v) is 10.4. The zero-order chi connectivity index (χ0) is 20.8. The lowest BCUT2D eigenvalue weighted by Crippen LogP contribution is -2.35. The molecular formula is C22H38FN5. The largest absolute Gasteiger partial charge is 0.402 e. The zero-order valence-electron chi connectivity index (χ0n) is 17.6. The Balaban J connectivity index is 0.00000122. The van der Waals surface area contributed by atoms with Crippen LogP contribution in [0, 0.1) is 5.82 Å². The van der Waals surface area contributed by atoms with Gasteiger partial charge in [0, 0.05) is 44.1 Å². The second-order valence-corrected chi connectivity index (χ2v) is 6.81. The topological polar surface area (TPSA) is 79.3 Å². The van der Waals surface area contributed by atoms with Gasteiger partial charge in [-0.3, -0.25) is 0 Å². The molecule has 158 valence electrons. The van der Waals surface area contributed by atoms with E-state index in [1.807, 2.05) is 30.9 Å². The summed E-state index contributed by atoms with van der Waals surface area (Å²) in [6.07, 6.45) is 4.38. The van der Waals surface area contributed by atoms with E-state index in [1.54, 1.807) is 6.07 Å². The Morgan fingerprint density at radius 1 is 1.14 bits per heavy atom. The van der Waals surface area contributed by atoms with Crippen LogP contribution in [0.1, 0.15) is 39.5 Å². The minimum Gasteiger partial charge on any atom is -0.402 e. The fraction of sp³-hybridized carbons (Fsp3) is 0.545. The number of nitrogens with one attached hydrogen (secondary N) is 2. The van der Waals surface area contributed by atoms with Gasteiger partial charge in [0.2, 0.25) is 0 Å². The summed E-state index contributed by atoms with van der Waals surface area (Å²) in [4.78, 5) is 2.04. The minimum absolute atomic E-state index is 0.166. The van der Waals surface area contributed by atoms with Crippen LogP contribution in [0.2, 0.25) is 0 Å². The predicted molar refractivity (Wildman–Crippen MR) is 119 cm³/mol. The molecule has 28 heavy (non-hydrogen) atoms. The summed E-state index contributed by atoms with van der Waals surface area (Å²) in [7, 11) is 0. The number of hydrogen-bond donors (Lipinski definition) is 4. The number of nitrogens with zero attached hydrogens (tertiary/aromatic N) is 1. The van der Waals surface area contributed by atoms with E-state index in [2.05, 4.69) is 17.2 Å². The highest BCUT2D eigenvalue weighted by Gasteiger charge is 2.12. The molecule has 0 saturated heterocycles. The van der Waals surface area contributed by atoms with Crippen molar-refractivity contribution in [2.45, 2.75) is 39.5 Å². The van der Waals surface area contributed by atoms with Gasteiger partial charge in [-0.05, 0) is 56.9 Å². The van der Waals surface area contributed by atoms with Crippen LogP contribution < -0.4 is 27.0 Å². The summed E-state index contributed by atoms with van der Waals surface area (Å²) >= 11 is 0. The maximum Gasteiger partial charge on any atom is 0.146 e. The molecule has 0 bridgehead atoms. The first-order valence-electron chi connectivity index (χ1n) is 10.4. The third kappa shape index (κ3) is 8.31. The highest BCUT2D eigenvalue weighted by atomic mass is 19.1. The Kier molecular flexibility index (Phi) is 12.0. The Bertz CT molecular complexity index is 615. The number of rotatable bonds is 10. The third-order valence-electron chi connectivity index (χ3n) is 4.65. The van der Waals surface area contributed by atoms with Crippen molar-refractivity contribution in [1.29, 1.82) is 0 Å². The standard InChI is InChI=1S/C20H31FN4.C2H7N/c1-3-25(20-11-7-5-9-18(20)21)15-14-23-12-13-24-16(2)17-8-4-6-10-19(17)22;1-2-3/h5,7,9,11,23-24H,2-4,6,8,10,12-15,22H2,1H3;2-3H2,1H3. The molecule has 0 atom stereocenters. The van der Waals surface area contributed by atoms with Crippen molar-refractivity contribution in [3.8, 4) is 0 Å². The number of likely N-dealkylation sites (N-methyl/N-ethyl adjacent to an activating group) is 1. The maximum atomic E-state index is 13.9. The highest BCUT2D eigenvalue weighted by Crippen LogP contribution is 2.24. The fourth-order valence-electron chi connectivity index (χ4n) is 3.18. The first kappa shape index (κ1) is 24.0. The Morgan fingerprint density at radius 3 is 2.46 bits per heavy atom. The Hall–Kier alpha value is -2.05. The van der Waals surface area contributed by atoms with Crippen LogP contribution in [0.25, 0.3) is 0 Å². The summed E-state index contributed by atoms with van der Waals surface area (Å²) in [5.74, 6) is -0.166. The molecule has 1 aliphatic carbocycles. The van der Waals surface area contributed by atoms with E-state index in [4.69, 9.17) is 11.5 Å². The molecule has 0 aliphatic heterocycles. The molecule has 6 heteroatoms. The molecule has 0 amide bonds. The van der Waals surface area contributed by atoms with Crippen molar-refractivity contribution in [2.24, 2.45) is 11.5 Å². The molecule has 0 spiro atoms. The molecule has 5 nitrogen and oxygen atoms in total. The average molecular weight is 392 g/mol. The van der Waals surface area contributed by atoms with Gasteiger partial charge in [0.05, 0.1) is 5.69 Å². The van der Waals surface area contributed by atoms with E-state index < -0.39 is 0 Å². The molecule has 2 rings (SSSR count). The quantitative estimate of drug-likeness (QED) is 0.461.